The summed E-state index contributed by atoms with van der Waals surface area (Å²) in [5, 5.41) is 9.60. The second kappa shape index (κ2) is 7.59. The van der Waals surface area contributed by atoms with Crippen LogP contribution < -0.4 is 10.0 Å². The van der Waals surface area contributed by atoms with Crippen LogP contribution in [0.5, 0.6) is 0 Å². The number of aromatic amines is 1. The van der Waals surface area contributed by atoms with Crippen LogP contribution in [0.4, 0.5) is 0 Å². The zero-order valence-electron chi connectivity index (χ0n) is 11.6. The van der Waals surface area contributed by atoms with Gasteiger partial charge >= 0.3 is 0 Å². The molecule has 3 N–H and O–H groups in total. The molecule has 1 heterocycles. The van der Waals surface area contributed by atoms with Crippen LogP contribution in [-0.2, 0) is 21.3 Å². The summed E-state index contributed by atoms with van der Waals surface area (Å²) in [5.74, 6) is 0. The molecular weight excluding hydrogens is 268 g/mol. The summed E-state index contributed by atoms with van der Waals surface area (Å²) in [7, 11) is -1.78. The maximum absolute atomic E-state index is 12.2. The molecule has 0 aromatic carbocycles. The van der Waals surface area contributed by atoms with E-state index in [1.54, 1.807) is 14.0 Å². The molecule has 0 unspecified atom stereocenters. The van der Waals surface area contributed by atoms with E-state index >= 15 is 0 Å². The van der Waals surface area contributed by atoms with E-state index in [1.165, 1.54) is 0 Å². The van der Waals surface area contributed by atoms with Crippen molar-refractivity contribution in [3.8, 4) is 0 Å². The first-order valence-corrected chi connectivity index (χ1v) is 7.77. The SMILES string of the molecule is CCOCCCNS(=O)(=O)c1c(CNC)n[nH]c1C. The van der Waals surface area contributed by atoms with Crippen LogP contribution in [0.25, 0.3) is 0 Å². The van der Waals surface area contributed by atoms with E-state index in [2.05, 4.69) is 20.2 Å². The molecule has 1 rings (SSSR count). The van der Waals surface area contributed by atoms with Gasteiger partial charge in [-0.2, -0.15) is 5.10 Å². The topological polar surface area (TPSA) is 96.1 Å². The van der Waals surface area contributed by atoms with E-state index in [4.69, 9.17) is 4.74 Å². The van der Waals surface area contributed by atoms with Crippen molar-refractivity contribution in [3.05, 3.63) is 11.4 Å². The molecule has 1 aromatic heterocycles. The number of sulfonamides is 1. The van der Waals surface area contributed by atoms with E-state index in [-0.39, 0.29) is 4.90 Å². The van der Waals surface area contributed by atoms with Crippen LogP contribution in [0.2, 0.25) is 0 Å². The van der Waals surface area contributed by atoms with Crippen LogP contribution in [0.3, 0.4) is 0 Å². The van der Waals surface area contributed by atoms with Crippen molar-refractivity contribution >= 4 is 10.0 Å². The van der Waals surface area contributed by atoms with Crippen molar-refractivity contribution in [2.75, 3.05) is 26.8 Å². The minimum atomic E-state index is -3.53. The second-order valence-corrected chi connectivity index (χ2v) is 5.81. The maximum Gasteiger partial charge on any atom is 0.244 e. The van der Waals surface area contributed by atoms with Crippen LogP contribution in [0.15, 0.2) is 4.90 Å². The molecule has 0 fully saturated rings. The smallest absolute Gasteiger partial charge is 0.244 e. The largest absolute Gasteiger partial charge is 0.382 e. The number of nitrogens with one attached hydrogen (secondary N) is 3. The number of ether oxygens (including phenoxy) is 1. The van der Waals surface area contributed by atoms with Gasteiger partial charge in [0.05, 0.1) is 11.4 Å². The Kier molecular flexibility index (Phi) is 6.43. The van der Waals surface area contributed by atoms with Gasteiger partial charge in [-0.05, 0) is 27.3 Å². The molecular formula is C11H22N4O3S. The van der Waals surface area contributed by atoms with Crippen LogP contribution >= 0.6 is 0 Å². The lowest BCUT2D eigenvalue weighted by molar-refractivity contribution is 0.146. The Morgan fingerprint density at radius 3 is 2.79 bits per heavy atom. The van der Waals surface area contributed by atoms with Gasteiger partial charge in [-0.1, -0.05) is 0 Å². The first-order chi connectivity index (χ1) is 9.03. The molecule has 8 heteroatoms. The first-order valence-electron chi connectivity index (χ1n) is 6.28. The Bertz CT molecular complexity index is 484. The fraction of sp³-hybridized carbons (Fsp3) is 0.727. The summed E-state index contributed by atoms with van der Waals surface area (Å²) >= 11 is 0. The lowest BCUT2D eigenvalue weighted by atomic mass is 10.4. The zero-order chi connectivity index (χ0) is 14.3. The van der Waals surface area contributed by atoms with Gasteiger partial charge in [-0.25, -0.2) is 13.1 Å². The molecule has 0 saturated carbocycles. The highest BCUT2D eigenvalue weighted by Gasteiger charge is 2.23. The number of H-pyrrole nitrogens is 1. The summed E-state index contributed by atoms with van der Waals surface area (Å²) < 4.78 is 32.1. The lowest BCUT2D eigenvalue weighted by Crippen LogP contribution is -2.27. The van der Waals surface area contributed by atoms with Crippen LogP contribution in [0.1, 0.15) is 24.7 Å². The van der Waals surface area contributed by atoms with Crippen molar-refractivity contribution in [3.63, 3.8) is 0 Å². The van der Waals surface area contributed by atoms with Crippen molar-refractivity contribution in [1.29, 1.82) is 0 Å². The highest BCUT2D eigenvalue weighted by Crippen LogP contribution is 2.17. The molecule has 0 amide bonds. The van der Waals surface area contributed by atoms with Crippen molar-refractivity contribution in [2.24, 2.45) is 0 Å². The van der Waals surface area contributed by atoms with E-state index in [9.17, 15) is 8.42 Å². The third-order valence-electron chi connectivity index (χ3n) is 2.54. The molecule has 0 saturated heterocycles. The number of aromatic nitrogens is 2. The van der Waals surface area contributed by atoms with Gasteiger partial charge in [0.25, 0.3) is 0 Å². The van der Waals surface area contributed by atoms with Gasteiger partial charge in [-0.3, -0.25) is 5.10 Å². The minimum absolute atomic E-state index is 0.234. The number of hydrogen-bond donors (Lipinski definition) is 3. The van der Waals surface area contributed by atoms with Crippen molar-refractivity contribution in [2.45, 2.75) is 31.7 Å². The summed E-state index contributed by atoms with van der Waals surface area (Å²) in [6.07, 6.45) is 0.644. The average Bonchev–Trinajstić information content (AvgIpc) is 2.71. The Balaban J connectivity index is 2.69. The normalized spacial score (nSPS) is 11.9. The molecule has 0 atom stereocenters. The fourth-order valence-corrected chi connectivity index (χ4v) is 3.14. The fourth-order valence-electron chi connectivity index (χ4n) is 1.71. The molecule has 0 aliphatic heterocycles. The molecule has 0 spiro atoms. The van der Waals surface area contributed by atoms with Gasteiger partial charge in [0, 0.05) is 26.3 Å². The van der Waals surface area contributed by atoms with Gasteiger partial charge in [0.2, 0.25) is 10.0 Å². The molecule has 19 heavy (non-hydrogen) atoms. The van der Waals surface area contributed by atoms with Crippen molar-refractivity contribution < 1.29 is 13.2 Å². The Morgan fingerprint density at radius 1 is 1.42 bits per heavy atom. The Labute approximate surface area is 114 Å². The third-order valence-corrected chi connectivity index (χ3v) is 4.20. The molecule has 0 radical (unpaired) electrons. The minimum Gasteiger partial charge on any atom is -0.382 e. The van der Waals surface area contributed by atoms with E-state index in [1.807, 2.05) is 6.92 Å². The molecule has 0 aliphatic carbocycles. The summed E-state index contributed by atoms with van der Waals surface area (Å²) in [4.78, 5) is 0.234. The number of aryl methyl sites for hydroxylation is 1. The van der Waals surface area contributed by atoms with Gasteiger partial charge in [0.1, 0.15) is 4.90 Å². The van der Waals surface area contributed by atoms with Gasteiger partial charge in [-0.15, -0.1) is 0 Å². The number of hydrogen-bond acceptors (Lipinski definition) is 5. The van der Waals surface area contributed by atoms with Gasteiger partial charge in [0.15, 0.2) is 0 Å². The predicted molar refractivity (Wildman–Crippen MR) is 72.4 cm³/mol. The molecule has 1 aromatic rings. The highest BCUT2D eigenvalue weighted by atomic mass is 32.2. The predicted octanol–water partition coefficient (Wildman–Crippen LogP) is 0.142. The Hall–Kier alpha value is -0.960. The second-order valence-electron chi connectivity index (χ2n) is 4.10. The maximum atomic E-state index is 12.2. The summed E-state index contributed by atoms with van der Waals surface area (Å²) in [6, 6.07) is 0. The monoisotopic (exact) mass is 290 g/mol. The van der Waals surface area contributed by atoms with Crippen LogP contribution in [-0.4, -0.2) is 45.4 Å². The zero-order valence-corrected chi connectivity index (χ0v) is 12.4. The lowest BCUT2D eigenvalue weighted by Gasteiger charge is -2.08. The summed E-state index contributed by atoms with van der Waals surface area (Å²) in [5.41, 5.74) is 1.04. The third kappa shape index (κ3) is 4.57. The molecule has 7 nitrogen and oxygen atoms in total. The van der Waals surface area contributed by atoms with E-state index in [0.29, 0.717) is 44.1 Å². The molecule has 110 valence electrons. The highest BCUT2D eigenvalue weighted by molar-refractivity contribution is 7.89. The standard InChI is InChI=1S/C11H22N4O3S/c1-4-18-7-5-6-13-19(16,17)11-9(2)14-15-10(11)8-12-3/h12-13H,4-8H2,1-3H3,(H,14,15). The Morgan fingerprint density at radius 2 is 2.16 bits per heavy atom. The van der Waals surface area contributed by atoms with Gasteiger partial charge < -0.3 is 10.1 Å². The first kappa shape index (κ1) is 16.1. The van der Waals surface area contributed by atoms with E-state index in [0.717, 1.165) is 0 Å². The quantitative estimate of drug-likeness (QED) is 0.562. The summed E-state index contributed by atoms with van der Waals surface area (Å²) in [6.45, 7) is 5.54. The van der Waals surface area contributed by atoms with Crippen molar-refractivity contribution in [1.82, 2.24) is 20.2 Å². The number of rotatable bonds is 9. The van der Waals surface area contributed by atoms with Crippen LogP contribution in [0, 0.1) is 6.92 Å². The molecule has 0 bridgehead atoms. The number of nitrogens with zero attached hydrogens (tertiary/aromatic N) is 1. The molecule has 0 aliphatic rings. The average molecular weight is 290 g/mol. The van der Waals surface area contributed by atoms with E-state index < -0.39 is 10.0 Å².